The Morgan fingerprint density at radius 3 is 2.56 bits per heavy atom. The Labute approximate surface area is 159 Å². The maximum Gasteiger partial charge on any atom is 0.280 e. The van der Waals surface area contributed by atoms with Gasteiger partial charge in [0, 0.05) is 5.56 Å². The third-order valence-electron chi connectivity index (χ3n) is 4.49. The van der Waals surface area contributed by atoms with Gasteiger partial charge in [-0.2, -0.15) is 10.1 Å². The first-order chi connectivity index (χ1) is 13.0. The molecule has 1 heterocycles. The topological polar surface area (TPSA) is 51.1 Å². The largest absolute Gasteiger partial charge is 0.493 e. The SMILES string of the molecule is CC[C@@H](C)Oc1c(/C=C2\C(=O)N(c3ccccc3)N=C2C)cccc1OC. The molecule has 2 aromatic carbocycles. The summed E-state index contributed by atoms with van der Waals surface area (Å²) in [6, 6.07) is 15.1. The van der Waals surface area contributed by atoms with Crippen LogP contribution >= 0.6 is 0 Å². The van der Waals surface area contributed by atoms with Gasteiger partial charge in [-0.05, 0) is 44.5 Å². The Balaban J connectivity index is 2.00. The van der Waals surface area contributed by atoms with Crippen molar-refractivity contribution >= 4 is 23.4 Å². The summed E-state index contributed by atoms with van der Waals surface area (Å²) in [6.07, 6.45) is 2.73. The minimum atomic E-state index is -0.156. The predicted octanol–water partition coefficient (Wildman–Crippen LogP) is 4.68. The fourth-order valence-corrected chi connectivity index (χ4v) is 2.80. The number of hydrogen-bond acceptors (Lipinski definition) is 4. The zero-order valence-corrected chi connectivity index (χ0v) is 16.1. The van der Waals surface area contributed by atoms with Gasteiger partial charge in [-0.25, -0.2) is 0 Å². The van der Waals surface area contributed by atoms with Gasteiger partial charge in [-0.1, -0.05) is 37.3 Å². The van der Waals surface area contributed by atoms with E-state index in [1.54, 1.807) is 7.11 Å². The lowest BCUT2D eigenvalue weighted by Crippen LogP contribution is -2.21. The first kappa shape index (κ1) is 18.7. The number of nitrogens with zero attached hydrogens (tertiary/aromatic N) is 2. The highest BCUT2D eigenvalue weighted by Crippen LogP contribution is 2.35. The van der Waals surface area contributed by atoms with Gasteiger partial charge in [0.25, 0.3) is 5.91 Å². The van der Waals surface area contributed by atoms with Crippen LogP contribution in [0.2, 0.25) is 0 Å². The zero-order valence-electron chi connectivity index (χ0n) is 16.1. The molecule has 0 unspecified atom stereocenters. The summed E-state index contributed by atoms with van der Waals surface area (Å²) in [5, 5.41) is 5.85. The summed E-state index contributed by atoms with van der Waals surface area (Å²) in [6.45, 7) is 5.91. The number of para-hydroxylation sites is 2. The second kappa shape index (κ2) is 8.08. The van der Waals surface area contributed by atoms with Gasteiger partial charge in [-0.3, -0.25) is 4.79 Å². The molecule has 0 aromatic heterocycles. The van der Waals surface area contributed by atoms with Crippen LogP contribution < -0.4 is 14.5 Å². The van der Waals surface area contributed by atoms with Crippen LogP contribution in [-0.2, 0) is 4.79 Å². The molecule has 5 heteroatoms. The van der Waals surface area contributed by atoms with Crippen molar-refractivity contribution in [2.75, 3.05) is 12.1 Å². The van der Waals surface area contributed by atoms with Crippen LogP contribution in [0.4, 0.5) is 5.69 Å². The third-order valence-corrected chi connectivity index (χ3v) is 4.49. The molecule has 1 atom stereocenters. The standard InChI is InChI=1S/C22H24N2O3/c1-5-15(2)27-21-17(10-9-13-20(21)26-4)14-19-16(3)23-24(22(19)25)18-11-7-6-8-12-18/h6-15H,5H2,1-4H3/b19-14-/t15-/m1/s1. The molecule has 140 valence electrons. The van der Waals surface area contributed by atoms with Crippen molar-refractivity contribution in [3.63, 3.8) is 0 Å². The van der Waals surface area contributed by atoms with E-state index < -0.39 is 0 Å². The molecular formula is C22H24N2O3. The Morgan fingerprint density at radius 2 is 1.89 bits per heavy atom. The van der Waals surface area contributed by atoms with Gasteiger partial charge in [0.05, 0.1) is 30.2 Å². The highest BCUT2D eigenvalue weighted by atomic mass is 16.5. The number of methoxy groups -OCH3 is 1. The molecule has 1 aliphatic rings. The minimum absolute atomic E-state index is 0.0355. The molecule has 0 radical (unpaired) electrons. The molecule has 0 N–H and O–H groups in total. The number of hydrogen-bond donors (Lipinski definition) is 0. The van der Waals surface area contributed by atoms with E-state index in [1.807, 2.05) is 68.5 Å². The van der Waals surface area contributed by atoms with Crippen LogP contribution in [-0.4, -0.2) is 24.8 Å². The van der Waals surface area contributed by atoms with Crippen molar-refractivity contribution in [2.45, 2.75) is 33.3 Å². The third kappa shape index (κ3) is 3.87. The van der Waals surface area contributed by atoms with Crippen LogP contribution in [0.1, 0.15) is 32.8 Å². The van der Waals surface area contributed by atoms with Crippen LogP contribution in [0.15, 0.2) is 59.2 Å². The molecule has 0 spiro atoms. The fraction of sp³-hybridized carbons (Fsp3) is 0.273. The molecule has 3 rings (SSSR count). The van der Waals surface area contributed by atoms with Crippen LogP contribution in [0.3, 0.4) is 0 Å². The molecular weight excluding hydrogens is 340 g/mol. The lowest BCUT2D eigenvalue weighted by Gasteiger charge is -2.18. The van der Waals surface area contributed by atoms with Crippen molar-refractivity contribution in [3.05, 3.63) is 59.7 Å². The lowest BCUT2D eigenvalue weighted by atomic mass is 10.1. The quantitative estimate of drug-likeness (QED) is 0.700. The van der Waals surface area contributed by atoms with Gasteiger partial charge >= 0.3 is 0 Å². The van der Waals surface area contributed by atoms with Crippen LogP contribution in [0, 0.1) is 0 Å². The monoisotopic (exact) mass is 364 g/mol. The van der Waals surface area contributed by atoms with Crippen molar-refractivity contribution in [1.82, 2.24) is 0 Å². The van der Waals surface area contributed by atoms with Crippen LogP contribution in [0.5, 0.6) is 11.5 Å². The Bertz CT molecular complexity index is 888. The second-order valence-corrected chi connectivity index (χ2v) is 6.41. The number of hydrazone groups is 1. The molecule has 0 saturated heterocycles. The number of carbonyl (C=O) groups excluding carboxylic acids is 1. The van der Waals surface area contributed by atoms with Crippen molar-refractivity contribution in [2.24, 2.45) is 5.10 Å². The number of benzene rings is 2. The molecule has 5 nitrogen and oxygen atoms in total. The summed E-state index contributed by atoms with van der Waals surface area (Å²) in [4.78, 5) is 12.9. The Hall–Kier alpha value is -3.08. The molecule has 27 heavy (non-hydrogen) atoms. The zero-order chi connectivity index (χ0) is 19.4. The summed E-state index contributed by atoms with van der Waals surface area (Å²) in [7, 11) is 1.61. The normalized spacial score (nSPS) is 16.4. The van der Waals surface area contributed by atoms with E-state index in [4.69, 9.17) is 9.47 Å². The first-order valence-electron chi connectivity index (χ1n) is 9.05. The minimum Gasteiger partial charge on any atom is -0.493 e. The van der Waals surface area contributed by atoms with Crippen LogP contribution in [0.25, 0.3) is 6.08 Å². The van der Waals surface area contributed by atoms with Crippen molar-refractivity contribution < 1.29 is 14.3 Å². The van der Waals surface area contributed by atoms with E-state index in [9.17, 15) is 4.79 Å². The van der Waals surface area contributed by atoms with Gasteiger partial charge < -0.3 is 9.47 Å². The Morgan fingerprint density at radius 1 is 1.15 bits per heavy atom. The average molecular weight is 364 g/mol. The number of anilines is 1. The molecule has 0 saturated carbocycles. The van der Waals surface area contributed by atoms with E-state index in [0.29, 0.717) is 22.8 Å². The lowest BCUT2D eigenvalue weighted by molar-refractivity contribution is -0.114. The van der Waals surface area contributed by atoms with Gasteiger partial charge in [0.1, 0.15) is 0 Å². The van der Waals surface area contributed by atoms with E-state index in [-0.39, 0.29) is 12.0 Å². The summed E-state index contributed by atoms with van der Waals surface area (Å²) in [5.74, 6) is 1.13. The molecule has 1 aliphatic heterocycles. The van der Waals surface area contributed by atoms with E-state index >= 15 is 0 Å². The van der Waals surface area contributed by atoms with E-state index in [1.165, 1.54) is 5.01 Å². The molecule has 1 amide bonds. The molecule has 0 fully saturated rings. The van der Waals surface area contributed by atoms with Crippen molar-refractivity contribution in [1.29, 1.82) is 0 Å². The molecule has 0 bridgehead atoms. The molecule has 2 aromatic rings. The van der Waals surface area contributed by atoms with Gasteiger partial charge in [-0.15, -0.1) is 0 Å². The number of rotatable bonds is 6. The maximum atomic E-state index is 12.9. The predicted molar refractivity (Wildman–Crippen MR) is 108 cm³/mol. The summed E-state index contributed by atoms with van der Waals surface area (Å²) in [5.41, 5.74) is 2.75. The summed E-state index contributed by atoms with van der Waals surface area (Å²) >= 11 is 0. The smallest absolute Gasteiger partial charge is 0.280 e. The second-order valence-electron chi connectivity index (χ2n) is 6.41. The summed E-state index contributed by atoms with van der Waals surface area (Å²) < 4.78 is 11.5. The number of amides is 1. The highest BCUT2D eigenvalue weighted by molar-refractivity contribution is 6.32. The highest BCUT2D eigenvalue weighted by Gasteiger charge is 2.29. The van der Waals surface area contributed by atoms with Gasteiger partial charge in [0.15, 0.2) is 11.5 Å². The maximum absolute atomic E-state index is 12.9. The van der Waals surface area contributed by atoms with Crippen molar-refractivity contribution in [3.8, 4) is 11.5 Å². The Kier molecular flexibility index (Phi) is 5.60. The van der Waals surface area contributed by atoms with Gasteiger partial charge in [0.2, 0.25) is 0 Å². The number of ether oxygens (including phenoxy) is 2. The first-order valence-corrected chi connectivity index (χ1v) is 9.05. The van der Waals surface area contributed by atoms with E-state index in [0.717, 1.165) is 17.7 Å². The number of carbonyl (C=O) groups is 1. The average Bonchev–Trinajstić information content (AvgIpc) is 2.97. The molecule has 0 aliphatic carbocycles. The fourth-order valence-electron chi connectivity index (χ4n) is 2.80. The van der Waals surface area contributed by atoms with E-state index in [2.05, 4.69) is 12.0 Å².